The molecule has 12 heavy (non-hydrogen) atoms. The summed E-state index contributed by atoms with van der Waals surface area (Å²) in [5, 5.41) is 5.13. The van der Waals surface area contributed by atoms with Gasteiger partial charge in [-0.05, 0) is 20.8 Å². The molecule has 4 heteroatoms. The average Bonchev–Trinajstić information content (AvgIpc) is 2.41. The SMILES string of the molecule is CC1=CNC(C)=C2N=C(C)NN12. The molecule has 0 bridgehead atoms. The maximum Gasteiger partial charge on any atom is 0.172 e. The summed E-state index contributed by atoms with van der Waals surface area (Å²) in [6.07, 6.45) is 1.96. The van der Waals surface area contributed by atoms with Gasteiger partial charge in [-0.15, -0.1) is 0 Å². The predicted octanol–water partition coefficient (Wildman–Crippen LogP) is 0.879. The van der Waals surface area contributed by atoms with Crippen molar-refractivity contribution >= 4 is 5.84 Å². The molecular weight excluding hydrogens is 152 g/mol. The van der Waals surface area contributed by atoms with E-state index in [0.29, 0.717) is 0 Å². The van der Waals surface area contributed by atoms with E-state index in [2.05, 4.69) is 15.7 Å². The van der Waals surface area contributed by atoms with Crippen LogP contribution < -0.4 is 10.7 Å². The molecule has 2 aliphatic rings. The number of hydrazine groups is 1. The monoisotopic (exact) mass is 164 g/mol. The fourth-order valence-corrected chi connectivity index (χ4v) is 1.30. The Kier molecular flexibility index (Phi) is 1.36. The highest BCUT2D eigenvalue weighted by atomic mass is 15.6. The van der Waals surface area contributed by atoms with Crippen molar-refractivity contribution in [2.75, 3.05) is 0 Å². The van der Waals surface area contributed by atoms with E-state index in [4.69, 9.17) is 0 Å². The van der Waals surface area contributed by atoms with Crippen molar-refractivity contribution in [2.45, 2.75) is 20.8 Å². The molecular formula is C8H12N4. The van der Waals surface area contributed by atoms with Crippen LogP contribution in [0, 0.1) is 0 Å². The summed E-state index contributed by atoms with van der Waals surface area (Å²) < 4.78 is 0. The van der Waals surface area contributed by atoms with Gasteiger partial charge in [0, 0.05) is 6.20 Å². The van der Waals surface area contributed by atoms with Crippen LogP contribution in [0.25, 0.3) is 0 Å². The minimum atomic E-state index is 0.931. The Balaban J connectivity index is 2.40. The Morgan fingerprint density at radius 3 is 2.75 bits per heavy atom. The number of fused-ring (bicyclic) bond motifs is 1. The van der Waals surface area contributed by atoms with Crippen LogP contribution in [0.15, 0.2) is 28.4 Å². The zero-order valence-electron chi connectivity index (χ0n) is 7.47. The molecule has 0 amide bonds. The Morgan fingerprint density at radius 2 is 2.08 bits per heavy atom. The number of rotatable bonds is 0. The van der Waals surface area contributed by atoms with E-state index >= 15 is 0 Å². The number of allylic oxidation sites excluding steroid dienone is 2. The minimum absolute atomic E-state index is 0.931. The lowest BCUT2D eigenvalue weighted by Gasteiger charge is -2.25. The largest absolute Gasteiger partial charge is 0.361 e. The standard InChI is InChI=1S/C8H12N4/c1-5-4-9-6(2)8-10-7(3)11-12(5)8/h4,9H,1-3H3,(H,10,11). The van der Waals surface area contributed by atoms with Crippen molar-refractivity contribution in [1.82, 2.24) is 15.8 Å². The molecule has 2 aliphatic heterocycles. The Bertz CT molecular complexity index is 311. The fraction of sp³-hybridized carbons (Fsp3) is 0.375. The van der Waals surface area contributed by atoms with Crippen LogP contribution in [0.1, 0.15) is 20.8 Å². The molecule has 0 fully saturated rings. The Morgan fingerprint density at radius 1 is 1.33 bits per heavy atom. The van der Waals surface area contributed by atoms with Gasteiger partial charge in [0.2, 0.25) is 0 Å². The molecule has 0 aliphatic carbocycles. The minimum Gasteiger partial charge on any atom is -0.361 e. The first-order chi connectivity index (χ1) is 5.68. The van der Waals surface area contributed by atoms with E-state index < -0.39 is 0 Å². The molecule has 64 valence electrons. The lowest BCUT2D eigenvalue weighted by molar-refractivity contribution is 0.384. The van der Waals surface area contributed by atoms with Crippen LogP contribution in [-0.2, 0) is 0 Å². The topological polar surface area (TPSA) is 39.7 Å². The van der Waals surface area contributed by atoms with Gasteiger partial charge >= 0.3 is 0 Å². The second-order valence-electron chi connectivity index (χ2n) is 3.02. The van der Waals surface area contributed by atoms with E-state index in [9.17, 15) is 0 Å². The average molecular weight is 164 g/mol. The number of nitrogens with one attached hydrogen (secondary N) is 2. The lowest BCUT2D eigenvalue weighted by atomic mass is 10.3. The maximum atomic E-state index is 4.35. The van der Waals surface area contributed by atoms with E-state index in [1.807, 2.05) is 32.0 Å². The highest BCUT2D eigenvalue weighted by molar-refractivity contribution is 5.82. The predicted molar refractivity (Wildman–Crippen MR) is 47.7 cm³/mol. The number of nitrogens with zero attached hydrogens (tertiary/aromatic N) is 2. The zero-order chi connectivity index (χ0) is 8.72. The molecule has 0 aromatic rings. The van der Waals surface area contributed by atoms with Crippen molar-refractivity contribution in [2.24, 2.45) is 4.99 Å². The van der Waals surface area contributed by atoms with Gasteiger partial charge in [-0.25, -0.2) is 10.0 Å². The summed E-state index contributed by atoms with van der Waals surface area (Å²) in [5.74, 6) is 1.90. The van der Waals surface area contributed by atoms with Gasteiger partial charge in [-0.1, -0.05) is 0 Å². The molecule has 0 aromatic heterocycles. The van der Waals surface area contributed by atoms with Crippen LogP contribution in [-0.4, -0.2) is 10.8 Å². The van der Waals surface area contributed by atoms with Gasteiger partial charge < -0.3 is 5.32 Å². The van der Waals surface area contributed by atoms with E-state index in [1.165, 1.54) is 0 Å². The second-order valence-corrected chi connectivity index (χ2v) is 3.02. The number of aliphatic imine (C=N–C) groups is 1. The first-order valence-electron chi connectivity index (χ1n) is 3.95. The summed E-state index contributed by atoms with van der Waals surface area (Å²) >= 11 is 0. The second kappa shape index (κ2) is 2.27. The summed E-state index contributed by atoms with van der Waals surface area (Å²) in [7, 11) is 0. The van der Waals surface area contributed by atoms with Crippen LogP contribution >= 0.6 is 0 Å². The molecule has 0 aromatic carbocycles. The van der Waals surface area contributed by atoms with E-state index in [1.54, 1.807) is 0 Å². The van der Waals surface area contributed by atoms with Crippen LogP contribution in [0.3, 0.4) is 0 Å². The summed E-state index contributed by atoms with van der Waals surface area (Å²) in [4.78, 5) is 4.35. The van der Waals surface area contributed by atoms with Crippen molar-refractivity contribution in [3.05, 3.63) is 23.4 Å². The highest BCUT2D eigenvalue weighted by Gasteiger charge is 2.23. The Hall–Kier alpha value is -1.45. The third-order valence-electron chi connectivity index (χ3n) is 1.94. The lowest BCUT2D eigenvalue weighted by Crippen LogP contribution is -2.36. The van der Waals surface area contributed by atoms with Crippen LogP contribution in [0.5, 0.6) is 0 Å². The fourth-order valence-electron chi connectivity index (χ4n) is 1.30. The summed E-state index contributed by atoms with van der Waals surface area (Å²) in [6, 6.07) is 0. The van der Waals surface area contributed by atoms with E-state index in [-0.39, 0.29) is 0 Å². The van der Waals surface area contributed by atoms with Crippen molar-refractivity contribution in [1.29, 1.82) is 0 Å². The number of amidine groups is 1. The zero-order valence-corrected chi connectivity index (χ0v) is 7.47. The maximum absolute atomic E-state index is 4.35. The molecule has 0 spiro atoms. The quantitative estimate of drug-likeness (QED) is 0.558. The molecule has 0 radical (unpaired) electrons. The van der Waals surface area contributed by atoms with Gasteiger partial charge in [0.05, 0.1) is 11.4 Å². The third kappa shape index (κ3) is 0.879. The van der Waals surface area contributed by atoms with Gasteiger partial charge in [-0.3, -0.25) is 5.43 Å². The van der Waals surface area contributed by atoms with Gasteiger partial charge in [0.25, 0.3) is 0 Å². The molecule has 2 rings (SSSR count). The smallest absolute Gasteiger partial charge is 0.172 e. The van der Waals surface area contributed by atoms with Gasteiger partial charge in [-0.2, -0.15) is 0 Å². The summed E-state index contributed by atoms with van der Waals surface area (Å²) in [5.41, 5.74) is 5.35. The first kappa shape index (κ1) is 7.21. The Labute approximate surface area is 71.6 Å². The molecule has 2 N–H and O–H groups in total. The molecule has 2 heterocycles. The molecule has 0 saturated heterocycles. The molecule has 4 nitrogen and oxygen atoms in total. The number of hydrogen-bond donors (Lipinski definition) is 2. The van der Waals surface area contributed by atoms with Crippen LogP contribution in [0.2, 0.25) is 0 Å². The highest BCUT2D eigenvalue weighted by Crippen LogP contribution is 2.21. The van der Waals surface area contributed by atoms with Gasteiger partial charge in [0.1, 0.15) is 5.84 Å². The molecule has 0 unspecified atom stereocenters. The van der Waals surface area contributed by atoms with E-state index in [0.717, 1.165) is 23.1 Å². The summed E-state index contributed by atoms with van der Waals surface area (Å²) in [6.45, 7) is 5.99. The van der Waals surface area contributed by atoms with Gasteiger partial charge in [0.15, 0.2) is 5.82 Å². The number of hydrogen-bond acceptors (Lipinski definition) is 4. The van der Waals surface area contributed by atoms with Crippen molar-refractivity contribution < 1.29 is 0 Å². The van der Waals surface area contributed by atoms with Crippen LogP contribution in [0.4, 0.5) is 0 Å². The first-order valence-corrected chi connectivity index (χ1v) is 3.95. The third-order valence-corrected chi connectivity index (χ3v) is 1.94. The normalized spacial score (nSPS) is 21.1. The molecule has 0 saturated carbocycles. The molecule has 0 atom stereocenters. The van der Waals surface area contributed by atoms with Crippen molar-refractivity contribution in [3.63, 3.8) is 0 Å². The van der Waals surface area contributed by atoms with Crippen molar-refractivity contribution in [3.8, 4) is 0 Å².